The van der Waals surface area contributed by atoms with Crippen molar-refractivity contribution < 1.29 is 9.59 Å². The van der Waals surface area contributed by atoms with Crippen LogP contribution in [-0.2, 0) is 17.8 Å². The van der Waals surface area contributed by atoms with Crippen LogP contribution in [0.3, 0.4) is 0 Å². The van der Waals surface area contributed by atoms with Crippen LogP contribution in [0.15, 0.2) is 66.0 Å². The number of thiophene rings is 1. The van der Waals surface area contributed by atoms with Crippen molar-refractivity contribution in [3.63, 3.8) is 0 Å². The minimum Gasteiger partial charge on any atom is -0.337 e. The minimum atomic E-state index is -0.397. The second kappa shape index (κ2) is 8.55. The lowest BCUT2D eigenvalue weighted by Gasteiger charge is -2.44. The van der Waals surface area contributed by atoms with Crippen molar-refractivity contribution in [3.8, 4) is 0 Å². The molecule has 3 heterocycles. The van der Waals surface area contributed by atoms with Gasteiger partial charge in [0.1, 0.15) is 0 Å². The molecule has 0 bridgehead atoms. The molecular formula is C27H28N2O2S. The van der Waals surface area contributed by atoms with E-state index in [0.717, 1.165) is 16.9 Å². The van der Waals surface area contributed by atoms with Crippen molar-refractivity contribution in [3.05, 3.63) is 93.2 Å². The second-order valence-corrected chi connectivity index (χ2v) is 10.1. The average Bonchev–Trinajstić information content (AvgIpc) is 3.34. The highest BCUT2D eigenvalue weighted by Gasteiger charge is 2.46. The van der Waals surface area contributed by atoms with Gasteiger partial charge >= 0.3 is 0 Å². The first-order valence-electron chi connectivity index (χ1n) is 11.3. The number of nitrogens with zero attached hydrogens (tertiary/aromatic N) is 2. The zero-order valence-electron chi connectivity index (χ0n) is 18.5. The van der Waals surface area contributed by atoms with E-state index in [1.807, 2.05) is 51.6 Å². The molecule has 0 spiro atoms. The Labute approximate surface area is 193 Å². The summed E-state index contributed by atoms with van der Waals surface area (Å²) < 4.78 is 0. The normalized spacial score (nSPS) is 20.3. The van der Waals surface area contributed by atoms with Crippen molar-refractivity contribution in [2.24, 2.45) is 5.92 Å². The molecule has 2 atom stereocenters. The fraction of sp³-hybridized carbons (Fsp3) is 0.333. The molecule has 1 aromatic heterocycles. The van der Waals surface area contributed by atoms with E-state index < -0.39 is 5.92 Å². The SMILES string of the molecule is CC(C)CN1C(=O)c2ccccc2C(C(=O)N2CCc3ccccc3C2)C1c1cccs1. The van der Waals surface area contributed by atoms with Crippen molar-refractivity contribution >= 4 is 23.2 Å². The lowest BCUT2D eigenvalue weighted by Crippen LogP contribution is -2.49. The van der Waals surface area contributed by atoms with Crippen molar-refractivity contribution in [1.29, 1.82) is 0 Å². The predicted octanol–water partition coefficient (Wildman–Crippen LogP) is 5.27. The summed E-state index contributed by atoms with van der Waals surface area (Å²) in [7, 11) is 0. The van der Waals surface area contributed by atoms with Gasteiger partial charge in [0.25, 0.3) is 5.91 Å². The third kappa shape index (κ3) is 3.65. The van der Waals surface area contributed by atoms with Gasteiger partial charge in [-0.25, -0.2) is 0 Å². The maximum Gasteiger partial charge on any atom is 0.254 e. The number of benzene rings is 2. The topological polar surface area (TPSA) is 40.6 Å². The summed E-state index contributed by atoms with van der Waals surface area (Å²) in [5, 5.41) is 2.03. The van der Waals surface area contributed by atoms with E-state index in [1.165, 1.54) is 11.1 Å². The molecule has 2 aliphatic rings. The molecule has 0 saturated carbocycles. The second-order valence-electron chi connectivity index (χ2n) is 9.16. The summed E-state index contributed by atoms with van der Waals surface area (Å²) in [5.74, 6) is 0.0585. The Kier molecular flexibility index (Phi) is 5.60. The molecule has 0 fully saturated rings. The molecule has 0 saturated heterocycles. The molecule has 2 aromatic carbocycles. The third-order valence-electron chi connectivity index (χ3n) is 6.54. The molecule has 32 heavy (non-hydrogen) atoms. The first-order valence-corrected chi connectivity index (χ1v) is 12.2. The zero-order valence-corrected chi connectivity index (χ0v) is 19.3. The summed E-state index contributed by atoms with van der Waals surface area (Å²) >= 11 is 1.63. The van der Waals surface area contributed by atoms with Gasteiger partial charge in [-0.1, -0.05) is 62.4 Å². The molecule has 0 aliphatic carbocycles. The summed E-state index contributed by atoms with van der Waals surface area (Å²) in [6, 6.07) is 19.9. The first-order chi connectivity index (χ1) is 15.5. The van der Waals surface area contributed by atoms with Gasteiger partial charge in [-0.2, -0.15) is 0 Å². The van der Waals surface area contributed by atoms with Gasteiger partial charge in [-0.05, 0) is 46.5 Å². The maximum atomic E-state index is 14.2. The Morgan fingerprint density at radius 1 is 1.03 bits per heavy atom. The number of amides is 2. The minimum absolute atomic E-state index is 0.0285. The predicted molar refractivity (Wildman–Crippen MR) is 128 cm³/mol. The highest BCUT2D eigenvalue weighted by molar-refractivity contribution is 7.10. The van der Waals surface area contributed by atoms with Gasteiger partial charge in [-0.3, -0.25) is 9.59 Å². The van der Waals surface area contributed by atoms with Crippen LogP contribution in [-0.4, -0.2) is 34.7 Å². The highest BCUT2D eigenvalue weighted by Crippen LogP contribution is 2.45. The number of carbonyl (C=O) groups excluding carboxylic acids is 2. The Balaban J connectivity index is 1.59. The van der Waals surface area contributed by atoms with Gasteiger partial charge in [-0.15, -0.1) is 11.3 Å². The lowest BCUT2D eigenvalue weighted by molar-refractivity contribution is -0.135. The van der Waals surface area contributed by atoms with E-state index >= 15 is 0 Å². The number of hydrogen-bond acceptors (Lipinski definition) is 3. The van der Waals surface area contributed by atoms with E-state index in [4.69, 9.17) is 0 Å². The molecule has 0 radical (unpaired) electrons. The number of carbonyl (C=O) groups is 2. The summed E-state index contributed by atoms with van der Waals surface area (Å²) in [4.78, 5) is 32.7. The van der Waals surface area contributed by atoms with Gasteiger partial charge in [0, 0.05) is 30.1 Å². The van der Waals surface area contributed by atoms with Crippen LogP contribution < -0.4 is 0 Å². The average molecular weight is 445 g/mol. The molecule has 2 aliphatic heterocycles. The molecule has 4 nitrogen and oxygen atoms in total. The van der Waals surface area contributed by atoms with Crippen LogP contribution in [0.2, 0.25) is 0 Å². The highest BCUT2D eigenvalue weighted by atomic mass is 32.1. The Morgan fingerprint density at radius 3 is 2.53 bits per heavy atom. The largest absolute Gasteiger partial charge is 0.337 e. The van der Waals surface area contributed by atoms with Crippen LogP contribution in [0.1, 0.15) is 57.7 Å². The van der Waals surface area contributed by atoms with Crippen molar-refractivity contribution in [2.45, 2.75) is 38.8 Å². The van der Waals surface area contributed by atoms with Crippen LogP contribution in [0.5, 0.6) is 0 Å². The van der Waals surface area contributed by atoms with Crippen LogP contribution in [0.4, 0.5) is 0 Å². The van der Waals surface area contributed by atoms with Gasteiger partial charge in [0.15, 0.2) is 0 Å². The van der Waals surface area contributed by atoms with Gasteiger partial charge in [0.05, 0.1) is 12.0 Å². The summed E-state index contributed by atoms with van der Waals surface area (Å²) in [5.41, 5.74) is 4.07. The van der Waals surface area contributed by atoms with Crippen molar-refractivity contribution in [1.82, 2.24) is 9.80 Å². The third-order valence-corrected chi connectivity index (χ3v) is 7.49. The summed E-state index contributed by atoms with van der Waals surface area (Å²) in [6.45, 7) is 6.21. The molecule has 0 N–H and O–H groups in total. The molecule has 5 heteroatoms. The molecule has 164 valence electrons. The molecule has 3 aromatic rings. The molecule has 2 unspecified atom stereocenters. The maximum absolute atomic E-state index is 14.2. The van der Waals surface area contributed by atoms with Gasteiger partial charge < -0.3 is 9.80 Å². The Bertz CT molecular complexity index is 1140. The molecule has 5 rings (SSSR count). The van der Waals surface area contributed by atoms with E-state index in [1.54, 1.807) is 11.3 Å². The molecule has 2 amide bonds. The van der Waals surface area contributed by atoms with E-state index in [2.05, 4.69) is 38.1 Å². The van der Waals surface area contributed by atoms with Crippen LogP contribution in [0.25, 0.3) is 0 Å². The standard InChI is InChI=1S/C27H28N2O2S/c1-18(2)16-29-25(23-12-7-15-32-23)24(21-10-5-6-11-22(21)26(29)30)27(31)28-14-13-19-8-3-4-9-20(19)17-28/h3-12,15,18,24-25H,13-14,16-17H2,1-2H3. The fourth-order valence-electron chi connectivity index (χ4n) is 5.11. The Morgan fingerprint density at radius 2 is 1.78 bits per heavy atom. The number of fused-ring (bicyclic) bond motifs is 2. The van der Waals surface area contributed by atoms with E-state index in [0.29, 0.717) is 31.1 Å². The van der Waals surface area contributed by atoms with E-state index in [-0.39, 0.29) is 17.9 Å². The van der Waals surface area contributed by atoms with Crippen molar-refractivity contribution in [2.75, 3.05) is 13.1 Å². The number of rotatable bonds is 4. The summed E-state index contributed by atoms with van der Waals surface area (Å²) in [6.07, 6.45) is 0.870. The smallest absolute Gasteiger partial charge is 0.254 e. The number of hydrogen-bond donors (Lipinski definition) is 0. The zero-order chi connectivity index (χ0) is 22.2. The monoisotopic (exact) mass is 444 g/mol. The Hall–Kier alpha value is -2.92. The van der Waals surface area contributed by atoms with Gasteiger partial charge in [0.2, 0.25) is 5.91 Å². The molecular weight excluding hydrogens is 416 g/mol. The van der Waals surface area contributed by atoms with Crippen LogP contribution in [0, 0.1) is 5.92 Å². The quantitative estimate of drug-likeness (QED) is 0.550. The van der Waals surface area contributed by atoms with E-state index in [9.17, 15) is 9.59 Å². The lowest BCUT2D eigenvalue weighted by atomic mass is 9.80. The first kappa shape index (κ1) is 21.0. The van der Waals surface area contributed by atoms with Crippen LogP contribution >= 0.6 is 11.3 Å². The fourth-order valence-corrected chi connectivity index (χ4v) is 5.98.